The molecule has 8 heavy (non-hydrogen) atoms. The first-order valence-electron chi connectivity index (χ1n) is 3.91. The summed E-state index contributed by atoms with van der Waals surface area (Å²) in [5.74, 6) is 0. The van der Waals surface area contributed by atoms with Crippen molar-refractivity contribution in [1.82, 2.24) is 0 Å². The molecule has 0 aromatic heterocycles. The Bertz CT molecular complexity index is 29.4. The molecule has 0 bridgehead atoms. The Morgan fingerprint density at radius 3 is 2.12 bits per heavy atom. The molecule has 0 rings (SSSR count). The first kappa shape index (κ1) is 9.00. The second-order valence-electron chi connectivity index (χ2n) is 2.41. The van der Waals surface area contributed by atoms with Crippen molar-refractivity contribution in [2.24, 2.45) is 0 Å². The fraction of sp³-hybridized carbons (Fsp3) is 1.00. The van der Waals surface area contributed by atoms with E-state index in [4.69, 9.17) is 0 Å². The molecule has 0 radical (unpaired) electrons. The molecule has 0 aromatic rings. The summed E-state index contributed by atoms with van der Waals surface area (Å²) < 4.78 is 1.50. The van der Waals surface area contributed by atoms with Crippen LogP contribution in [0.5, 0.6) is 0 Å². The number of hydrogen-bond donors (Lipinski definition) is 0. The molecule has 0 aliphatic carbocycles. The Labute approximate surface area is 70.5 Å². The summed E-state index contributed by atoms with van der Waals surface area (Å²) in [6, 6.07) is 0. The van der Waals surface area contributed by atoms with Crippen LogP contribution >= 0.6 is 0 Å². The van der Waals surface area contributed by atoms with Gasteiger partial charge in [-0.2, -0.15) is 0 Å². The van der Waals surface area contributed by atoms with Crippen LogP contribution in [0.1, 0.15) is 39.0 Å². The maximum absolute atomic E-state index is 2.26. The van der Waals surface area contributed by atoms with Crippen LogP contribution < -0.4 is 0 Å². The SMILES string of the molecule is CCCCCC[CH2][Na]. The topological polar surface area (TPSA) is 0 Å². The van der Waals surface area contributed by atoms with Crippen LogP contribution in [0.25, 0.3) is 0 Å². The summed E-state index contributed by atoms with van der Waals surface area (Å²) in [6.45, 7) is 2.26. The molecule has 44 valence electrons. The standard InChI is InChI=1S/C7H15.Na/c1-3-5-7-6-4-2;/h1,3-7H2,2H3;. The predicted octanol–water partition coefficient (Wildman–Crippen LogP) is 2.54. The van der Waals surface area contributed by atoms with Crippen LogP contribution in [-0.2, 0) is 0 Å². The third-order valence-electron chi connectivity index (χ3n) is 1.46. The van der Waals surface area contributed by atoms with Crippen molar-refractivity contribution in [2.75, 3.05) is 0 Å². The molecule has 0 amide bonds. The van der Waals surface area contributed by atoms with Crippen LogP contribution in [0.4, 0.5) is 0 Å². The fourth-order valence-corrected chi connectivity index (χ4v) is 1.35. The van der Waals surface area contributed by atoms with E-state index in [1.165, 1.54) is 63.7 Å². The van der Waals surface area contributed by atoms with Gasteiger partial charge in [-0.25, -0.2) is 0 Å². The Morgan fingerprint density at radius 2 is 1.62 bits per heavy atom. The van der Waals surface area contributed by atoms with Gasteiger partial charge in [0.15, 0.2) is 0 Å². The van der Waals surface area contributed by atoms with Crippen LogP contribution in [-0.4, -0.2) is 27.9 Å². The van der Waals surface area contributed by atoms with Gasteiger partial charge in [-0.05, 0) is 0 Å². The van der Waals surface area contributed by atoms with Gasteiger partial charge >= 0.3 is 70.6 Å². The second kappa shape index (κ2) is 8.00. The summed E-state index contributed by atoms with van der Waals surface area (Å²) in [7, 11) is 0. The molecular weight excluding hydrogens is 107 g/mol. The first-order chi connectivity index (χ1) is 3.91. The Kier molecular flexibility index (Phi) is 9.00. The summed E-state index contributed by atoms with van der Waals surface area (Å²) in [6.07, 6.45) is 7.27. The van der Waals surface area contributed by atoms with E-state index in [0.717, 1.165) is 0 Å². The quantitative estimate of drug-likeness (QED) is 0.388. The monoisotopic (exact) mass is 122 g/mol. The molecule has 0 aromatic carbocycles. The molecule has 1 heteroatoms. The molecule has 0 spiro atoms. The predicted molar refractivity (Wildman–Crippen MR) is 39.3 cm³/mol. The summed E-state index contributed by atoms with van der Waals surface area (Å²) in [5.41, 5.74) is 0. The second-order valence-corrected chi connectivity index (χ2v) is 3.41. The summed E-state index contributed by atoms with van der Waals surface area (Å²) >= 11 is 1.41. The van der Waals surface area contributed by atoms with Crippen LogP contribution in [0, 0.1) is 0 Å². The molecule has 0 aliphatic heterocycles. The van der Waals surface area contributed by atoms with Crippen molar-refractivity contribution < 1.29 is 0 Å². The number of unbranched alkanes of at least 4 members (excludes halogenated alkanes) is 4. The maximum atomic E-state index is 2.26. The van der Waals surface area contributed by atoms with E-state index in [2.05, 4.69) is 6.92 Å². The van der Waals surface area contributed by atoms with Gasteiger partial charge in [0.25, 0.3) is 0 Å². The number of hydrogen-bond acceptors (Lipinski definition) is 0. The van der Waals surface area contributed by atoms with Crippen molar-refractivity contribution in [3.05, 3.63) is 0 Å². The van der Waals surface area contributed by atoms with Crippen LogP contribution in [0.2, 0.25) is 3.67 Å². The molecular formula is C7H15Na. The third-order valence-corrected chi connectivity index (χ3v) is 2.16. The van der Waals surface area contributed by atoms with Crippen molar-refractivity contribution in [3.63, 3.8) is 0 Å². The fourth-order valence-electron chi connectivity index (χ4n) is 0.854. The van der Waals surface area contributed by atoms with E-state index in [-0.39, 0.29) is 0 Å². The molecule has 0 unspecified atom stereocenters. The minimum atomic E-state index is 1.38. The molecule has 0 fully saturated rings. The molecule has 0 N–H and O–H groups in total. The zero-order valence-electron chi connectivity index (χ0n) is 6.24. The van der Waals surface area contributed by atoms with Gasteiger partial charge in [0.05, 0.1) is 0 Å². The van der Waals surface area contributed by atoms with E-state index in [1.807, 2.05) is 0 Å². The van der Waals surface area contributed by atoms with Gasteiger partial charge in [-0.15, -0.1) is 0 Å². The first-order valence-corrected chi connectivity index (χ1v) is 5.33. The van der Waals surface area contributed by atoms with Crippen molar-refractivity contribution in [1.29, 1.82) is 0 Å². The van der Waals surface area contributed by atoms with Crippen molar-refractivity contribution in [3.8, 4) is 0 Å². The average molecular weight is 122 g/mol. The molecule has 0 saturated heterocycles. The molecule has 0 aliphatic rings. The zero-order valence-corrected chi connectivity index (χ0v) is 8.24. The van der Waals surface area contributed by atoms with Gasteiger partial charge in [0, 0.05) is 0 Å². The van der Waals surface area contributed by atoms with Crippen LogP contribution in [0.3, 0.4) is 0 Å². The molecule has 0 nitrogen and oxygen atoms in total. The Morgan fingerprint density at radius 1 is 1.00 bits per heavy atom. The molecule has 0 saturated carbocycles. The van der Waals surface area contributed by atoms with Crippen LogP contribution in [0.15, 0.2) is 0 Å². The van der Waals surface area contributed by atoms with Crippen molar-refractivity contribution in [2.45, 2.75) is 42.7 Å². The van der Waals surface area contributed by atoms with Gasteiger partial charge < -0.3 is 0 Å². The molecule has 0 heterocycles. The van der Waals surface area contributed by atoms with E-state index in [9.17, 15) is 0 Å². The van der Waals surface area contributed by atoms with E-state index in [1.54, 1.807) is 0 Å². The van der Waals surface area contributed by atoms with Gasteiger partial charge in [-0.1, -0.05) is 0 Å². The van der Waals surface area contributed by atoms with Crippen molar-refractivity contribution >= 4 is 27.9 Å². The van der Waals surface area contributed by atoms with E-state index in [0.29, 0.717) is 0 Å². The minimum absolute atomic E-state index is 1.38. The van der Waals surface area contributed by atoms with Gasteiger partial charge in [-0.3, -0.25) is 0 Å². The number of rotatable bonds is 5. The van der Waals surface area contributed by atoms with Gasteiger partial charge in [0.1, 0.15) is 0 Å². The van der Waals surface area contributed by atoms with Gasteiger partial charge in [0.2, 0.25) is 0 Å². The summed E-state index contributed by atoms with van der Waals surface area (Å²) in [5, 5.41) is 0. The van der Waals surface area contributed by atoms with E-state index >= 15 is 0 Å². The Balaban J connectivity index is 2.53. The van der Waals surface area contributed by atoms with E-state index < -0.39 is 0 Å². The Hall–Kier alpha value is 1.00. The third kappa shape index (κ3) is 7.00. The molecule has 0 atom stereocenters. The zero-order chi connectivity index (χ0) is 6.24. The summed E-state index contributed by atoms with van der Waals surface area (Å²) in [4.78, 5) is 0. The average Bonchev–Trinajstić information content (AvgIpc) is 1.81. The normalized spacial score (nSPS) is 9.88.